The number of halogens is 3. The number of hydrogen-bond acceptors (Lipinski definition) is 8. The molecule has 2 aromatic heterocycles. The van der Waals surface area contributed by atoms with E-state index in [2.05, 4.69) is 30.6 Å². The minimum atomic E-state index is -5.08. The second-order valence-corrected chi connectivity index (χ2v) is 7.30. The number of anilines is 3. The minimum Gasteiger partial charge on any atom is -0.497 e. The average Bonchev–Trinajstić information content (AvgIpc) is 2.79. The summed E-state index contributed by atoms with van der Waals surface area (Å²) >= 11 is 0. The van der Waals surface area contributed by atoms with E-state index in [-0.39, 0.29) is 5.56 Å². The fourth-order valence-corrected chi connectivity index (χ4v) is 3.17. The molecule has 0 saturated carbocycles. The molecule has 10 nitrogen and oxygen atoms in total. The van der Waals surface area contributed by atoms with Gasteiger partial charge in [-0.25, -0.2) is 19.7 Å². The Kier molecular flexibility index (Phi) is 7.08. The van der Waals surface area contributed by atoms with Gasteiger partial charge >= 0.3 is 12.1 Å². The van der Waals surface area contributed by atoms with Crippen LogP contribution in [-0.2, 0) is 4.79 Å². The number of benzene rings is 2. The van der Waals surface area contributed by atoms with E-state index in [4.69, 9.17) is 14.6 Å². The van der Waals surface area contributed by atoms with Gasteiger partial charge in [-0.3, -0.25) is 15.1 Å². The molecular formula is C22H21F3N6O4. The molecule has 184 valence electrons. The standard InChI is InChI=1S/C20H20N6O2.C2HF3O2/c1-10-7-12(21-3)8-15-17(10)24-20(25-18(15)27)26-19-22-11(2)14-9-13(28-4)5-6-16(14)23-19;3-2(4,5)1(6)7/h5-9,21H,1-4H3,(H2,22,23,24,25,26,27);(H,6,7). The number of aliphatic carboxylic acids is 1. The summed E-state index contributed by atoms with van der Waals surface area (Å²) < 4.78 is 37.0. The maximum atomic E-state index is 12.5. The van der Waals surface area contributed by atoms with Crippen molar-refractivity contribution >= 4 is 45.4 Å². The number of rotatable bonds is 4. The first kappa shape index (κ1) is 25.2. The number of aromatic nitrogens is 4. The molecule has 0 unspecified atom stereocenters. The van der Waals surface area contributed by atoms with Crippen molar-refractivity contribution in [2.24, 2.45) is 0 Å². The molecule has 0 radical (unpaired) electrons. The number of methoxy groups -OCH3 is 1. The van der Waals surface area contributed by atoms with Gasteiger partial charge in [0.2, 0.25) is 11.9 Å². The number of ether oxygens (including phenoxy) is 1. The van der Waals surface area contributed by atoms with Gasteiger partial charge in [0.1, 0.15) is 5.75 Å². The lowest BCUT2D eigenvalue weighted by atomic mass is 10.1. The second kappa shape index (κ2) is 9.83. The van der Waals surface area contributed by atoms with Crippen molar-refractivity contribution in [3.05, 3.63) is 51.9 Å². The lowest BCUT2D eigenvalue weighted by Crippen LogP contribution is -2.21. The van der Waals surface area contributed by atoms with Crippen LogP contribution in [0.2, 0.25) is 0 Å². The number of nitrogens with one attached hydrogen (secondary N) is 3. The highest BCUT2D eigenvalue weighted by Gasteiger charge is 2.38. The molecule has 4 aromatic rings. The molecule has 0 aliphatic rings. The Labute approximate surface area is 196 Å². The number of aryl methyl sites for hydroxylation is 2. The highest BCUT2D eigenvalue weighted by Crippen LogP contribution is 2.24. The van der Waals surface area contributed by atoms with E-state index in [0.29, 0.717) is 22.8 Å². The monoisotopic (exact) mass is 490 g/mol. The number of carboxylic acid groups (broad SMARTS) is 1. The number of H-pyrrole nitrogens is 1. The summed E-state index contributed by atoms with van der Waals surface area (Å²) in [6.45, 7) is 3.82. The largest absolute Gasteiger partial charge is 0.497 e. The number of fused-ring (bicyclic) bond motifs is 2. The Hall–Kier alpha value is -4.42. The molecule has 0 spiro atoms. The van der Waals surface area contributed by atoms with Crippen LogP contribution >= 0.6 is 0 Å². The van der Waals surface area contributed by atoms with Crippen molar-refractivity contribution in [1.29, 1.82) is 0 Å². The average molecular weight is 490 g/mol. The van der Waals surface area contributed by atoms with E-state index < -0.39 is 12.1 Å². The number of nitrogens with zero attached hydrogens (tertiary/aromatic N) is 3. The van der Waals surface area contributed by atoms with Gasteiger partial charge in [0.25, 0.3) is 5.56 Å². The molecule has 35 heavy (non-hydrogen) atoms. The zero-order chi connectivity index (χ0) is 25.9. The molecule has 4 rings (SSSR count). The van der Waals surface area contributed by atoms with E-state index in [1.807, 2.05) is 45.2 Å². The third-order valence-electron chi connectivity index (χ3n) is 4.86. The molecule has 0 fully saturated rings. The fraction of sp³-hybridized carbons (Fsp3) is 0.227. The van der Waals surface area contributed by atoms with Gasteiger partial charge in [0.15, 0.2) is 0 Å². The van der Waals surface area contributed by atoms with Gasteiger partial charge in [-0.1, -0.05) is 0 Å². The zero-order valence-electron chi connectivity index (χ0n) is 19.0. The van der Waals surface area contributed by atoms with Crippen LogP contribution in [0.25, 0.3) is 21.8 Å². The van der Waals surface area contributed by atoms with E-state index in [0.717, 1.165) is 33.6 Å². The van der Waals surface area contributed by atoms with Crippen molar-refractivity contribution in [2.75, 3.05) is 24.8 Å². The van der Waals surface area contributed by atoms with E-state index in [1.54, 1.807) is 13.2 Å². The van der Waals surface area contributed by atoms with Crippen molar-refractivity contribution < 1.29 is 27.8 Å². The maximum absolute atomic E-state index is 12.5. The third kappa shape index (κ3) is 5.75. The predicted molar refractivity (Wildman–Crippen MR) is 124 cm³/mol. The number of hydrogen-bond donors (Lipinski definition) is 4. The summed E-state index contributed by atoms with van der Waals surface area (Å²) in [5, 5.41) is 14.6. The molecule has 13 heteroatoms. The molecule has 0 aliphatic carbocycles. The highest BCUT2D eigenvalue weighted by molar-refractivity contribution is 5.86. The Morgan fingerprint density at radius 2 is 1.77 bits per heavy atom. The highest BCUT2D eigenvalue weighted by atomic mass is 19.4. The van der Waals surface area contributed by atoms with E-state index >= 15 is 0 Å². The van der Waals surface area contributed by atoms with E-state index in [1.165, 1.54) is 0 Å². The quantitative estimate of drug-likeness (QED) is 0.335. The Morgan fingerprint density at radius 3 is 2.37 bits per heavy atom. The van der Waals surface area contributed by atoms with Crippen LogP contribution in [0.1, 0.15) is 11.3 Å². The minimum absolute atomic E-state index is 0.227. The van der Waals surface area contributed by atoms with Crippen LogP contribution in [-0.4, -0.2) is 51.3 Å². The summed E-state index contributed by atoms with van der Waals surface area (Å²) in [6.07, 6.45) is -5.08. The normalized spacial score (nSPS) is 11.1. The van der Waals surface area contributed by atoms with Gasteiger partial charge in [-0.2, -0.15) is 13.2 Å². The van der Waals surface area contributed by atoms with Crippen LogP contribution in [0.4, 0.5) is 30.8 Å². The van der Waals surface area contributed by atoms with Crippen LogP contribution in [0.3, 0.4) is 0 Å². The summed E-state index contributed by atoms with van der Waals surface area (Å²) in [7, 11) is 3.43. The van der Waals surface area contributed by atoms with Crippen molar-refractivity contribution in [3.8, 4) is 5.75 Å². The smallest absolute Gasteiger partial charge is 0.490 e. The molecule has 0 saturated heterocycles. The Balaban J connectivity index is 0.000000429. The number of carboxylic acids is 1. The maximum Gasteiger partial charge on any atom is 0.490 e. The molecule has 2 aromatic carbocycles. The second-order valence-electron chi connectivity index (χ2n) is 7.30. The van der Waals surface area contributed by atoms with Gasteiger partial charge in [-0.15, -0.1) is 0 Å². The van der Waals surface area contributed by atoms with Crippen molar-refractivity contribution in [2.45, 2.75) is 20.0 Å². The van der Waals surface area contributed by atoms with Gasteiger partial charge in [0.05, 0.1) is 29.2 Å². The first-order chi connectivity index (χ1) is 16.4. The topological polar surface area (TPSA) is 142 Å². The third-order valence-corrected chi connectivity index (χ3v) is 4.86. The van der Waals surface area contributed by atoms with Crippen LogP contribution in [0, 0.1) is 13.8 Å². The number of aromatic amines is 1. The number of alkyl halides is 3. The SMILES string of the molecule is CNc1cc(C)c2nc(Nc3nc(C)c4cc(OC)ccc4n3)[nH]c(=O)c2c1.O=C(O)C(F)(F)F. The molecule has 0 amide bonds. The number of carbonyl (C=O) groups is 1. The summed E-state index contributed by atoms with van der Waals surface area (Å²) in [5.41, 5.74) is 3.74. The van der Waals surface area contributed by atoms with Crippen molar-refractivity contribution in [1.82, 2.24) is 19.9 Å². The van der Waals surface area contributed by atoms with Gasteiger partial charge < -0.3 is 15.2 Å². The Morgan fingerprint density at radius 1 is 1.09 bits per heavy atom. The molecule has 4 N–H and O–H groups in total. The molecule has 2 heterocycles. The summed E-state index contributed by atoms with van der Waals surface area (Å²) in [5.74, 6) is -1.35. The van der Waals surface area contributed by atoms with Crippen LogP contribution in [0.15, 0.2) is 35.1 Å². The fourth-order valence-electron chi connectivity index (χ4n) is 3.17. The Bertz CT molecular complexity index is 1470. The van der Waals surface area contributed by atoms with Gasteiger partial charge in [0, 0.05) is 18.1 Å². The van der Waals surface area contributed by atoms with E-state index in [9.17, 15) is 18.0 Å². The molecule has 0 aliphatic heterocycles. The molecule has 0 bridgehead atoms. The zero-order valence-corrected chi connectivity index (χ0v) is 19.0. The van der Waals surface area contributed by atoms with Crippen molar-refractivity contribution in [3.63, 3.8) is 0 Å². The lowest BCUT2D eigenvalue weighted by Gasteiger charge is -2.10. The van der Waals surface area contributed by atoms with Gasteiger partial charge in [-0.05, 0) is 49.7 Å². The molecular weight excluding hydrogens is 469 g/mol. The van der Waals surface area contributed by atoms with Crippen LogP contribution in [0.5, 0.6) is 5.75 Å². The first-order valence-electron chi connectivity index (χ1n) is 10.0. The first-order valence-corrected chi connectivity index (χ1v) is 10.0. The van der Waals surface area contributed by atoms with Crippen LogP contribution < -0.4 is 20.9 Å². The summed E-state index contributed by atoms with van der Waals surface area (Å²) in [6, 6.07) is 9.34. The predicted octanol–water partition coefficient (Wildman–Crippen LogP) is 3.91. The lowest BCUT2D eigenvalue weighted by molar-refractivity contribution is -0.192. The summed E-state index contributed by atoms with van der Waals surface area (Å²) in [4.78, 5) is 37.7. The molecule has 0 atom stereocenters.